The van der Waals surface area contributed by atoms with Gasteiger partial charge >= 0.3 is 0 Å². The van der Waals surface area contributed by atoms with E-state index < -0.39 is 0 Å². The molecular weight excluding hydrogens is 612 g/mol. The first-order chi connectivity index (χ1) is 23.5. The van der Waals surface area contributed by atoms with Crippen molar-refractivity contribution in [2.45, 2.75) is 44.9 Å². The SMILES string of the molecule is C[N+](C)(CCCCCCC[N+](C)(C)CCCN1C(=O)c2cccc3cccc(c23)C1=O)CCCN1C(=O)c2cccc3cccc(c23)C1=O. The van der Waals surface area contributed by atoms with Gasteiger partial charge in [0, 0.05) is 59.0 Å². The monoisotopic (exact) mass is 662 g/mol. The van der Waals surface area contributed by atoms with Gasteiger partial charge in [-0.3, -0.25) is 29.0 Å². The molecule has 49 heavy (non-hydrogen) atoms. The van der Waals surface area contributed by atoms with Crippen molar-refractivity contribution in [3.8, 4) is 0 Å². The van der Waals surface area contributed by atoms with E-state index in [-0.39, 0.29) is 23.6 Å². The fourth-order valence-electron chi connectivity index (χ4n) is 7.71. The molecule has 8 heteroatoms. The minimum absolute atomic E-state index is 0.183. The number of quaternary nitrogens is 2. The molecule has 0 unspecified atom stereocenters. The van der Waals surface area contributed by atoms with Gasteiger partial charge in [0.05, 0.1) is 54.4 Å². The van der Waals surface area contributed by atoms with Crippen LogP contribution in [0.1, 0.15) is 86.4 Å². The minimum Gasteiger partial charge on any atom is -0.328 e. The van der Waals surface area contributed by atoms with Crippen LogP contribution in [0, 0.1) is 0 Å². The maximum Gasteiger partial charge on any atom is 0.261 e. The second-order valence-corrected chi connectivity index (χ2v) is 15.2. The molecular formula is C41H50N4O4+2. The molecule has 2 aliphatic heterocycles. The largest absolute Gasteiger partial charge is 0.328 e. The van der Waals surface area contributed by atoms with Crippen molar-refractivity contribution in [2.24, 2.45) is 0 Å². The predicted molar refractivity (Wildman–Crippen MR) is 195 cm³/mol. The number of hydrogen-bond acceptors (Lipinski definition) is 4. The number of carbonyl (C=O) groups excluding carboxylic acids is 4. The van der Waals surface area contributed by atoms with Crippen LogP contribution in [-0.2, 0) is 0 Å². The van der Waals surface area contributed by atoms with E-state index in [1.807, 2.05) is 72.8 Å². The summed E-state index contributed by atoms with van der Waals surface area (Å²) in [7, 11) is 8.94. The normalized spacial score (nSPS) is 14.9. The van der Waals surface area contributed by atoms with Gasteiger partial charge in [0.25, 0.3) is 23.6 Å². The number of hydrogen-bond donors (Lipinski definition) is 0. The third-order valence-electron chi connectivity index (χ3n) is 10.5. The highest BCUT2D eigenvalue weighted by Crippen LogP contribution is 2.31. The van der Waals surface area contributed by atoms with Gasteiger partial charge in [-0.05, 0) is 60.7 Å². The van der Waals surface area contributed by atoms with Gasteiger partial charge < -0.3 is 8.97 Å². The Morgan fingerprint density at radius 2 is 0.694 bits per heavy atom. The highest BCUT2D eigenvalue weighted by molar-refractivity contribution is 6.26. The van der Waals surface area contributed by atoms with Gasteiger partial charge in [-0.15, -0.1) is 0 Å². The molecule has 6 rings (SSSR count). The van der Waals surface area contributed by atoms with Crippen molar-refractivity contribution in [2.75, 3.05) is 67.5 Å². The molecule has 4 aromatic rings. The predicted octanol–water partition coefficient (Wildman–Crippen LogP) is 6.77. The summed E-state index contributed by atoms with van der Waals surface area (Å²) < 4.78 is 1.74. The highest BCUT2D eigenvalue weighted by Gasteiger charge is 2.34. The summed E-state index contributed by atoms with van der Waals surface area (Å²) in [6.45, 7) is 4.83. The lowest BCUT2D eigenvalue weighted by molar-refractivity contribution is -0.890. The van der Waals surface area contributed by atoms with Crippen molar-refractivity contribution in [3.05, 3.63) is 95.1 Å². The number of benzene rings is 4. The summed E-state index contributed by atoms with van der Waals surface area (Å²) in [6, 6.07) is 22.7. The molecule has 0 atom stereocenters. The van der Waals surface area contributed by atoms with Gasteiger partial charge in [-0.1, -0.05) is 55.0 Å². The molecule has 4 amide bonds. The van der Waals surface area contributed by atoms with Crippen LogP contribution >= 0.6 is 0 Å². The van der Waals surface area contributed by atoms with E-state index in [0.29, 0.717) is 35.3 Å². The van der Waals surface area contributed by atoms with Crippen LogP contribution in [0.3, 0.4) is 0 Å². The molecule has 0 saturated heterocycles. The molecule has 0 bridgehead atoms. The number of nitrogens with zero attached hydrogens (tertiary/aromatic N) is 4. The molecule has 256 valence electrons. The molecule has 0 fully saturated rings. The molecule has 0 aliphatic carbocycles. The number of imide groups is 2. The zero-order valence-electron chi connectivity index (χ0n) is 29.5. The summed E-state index contributed by atoms with van der Waals surface area (Å²) in [5.41, 5.74) is 2.50. The smallest absolute Gasteiger partial charge is 0.261 e. The number of rotatable bonds is 16. The van der Waals surface area contributed by atoms with Gasteiger partial charge in [0.2, 0.25) is 0 Å². The van der Waals surface area contributed by atoms with Crippen LogP contribution in [-0.4, -0.2) is 110 Å². The fourth-order valence-corrected chi connectivity index (χ4v) is 7.71. The lowest BCUT2D eigenvalue weighted by Crippen LogP contribution is -2.45. The van der Waals surface area contributed by atoms with Gasteiger partial charge in [0.1, 0.15) is 0 Å². The molecule has 2 aliphatic rings. The lowest BCUT2D eigenvalue weighted by Gasteiger charge is -2.32. The van der Waals surface area contributed by atoms with E-state index in [1.165, 1.54) is 29.1 Å². The Labute approximate surface area is 290 Å². The van der Waals surface area contributed by atoms with E-state index in [9.17, 15) is 19.2 Å². The summed E-state index contributed by atoms with van der Waals surface area (Å²) in [5, 5.41) is 3.43. The molecule has 8 nitrogen and oxygen atoms in total. The summed E-state index contributed by atoms with van der Waals surface area (Å²) in [4.78, 5) is 55.7. The van der Waals surface area contributed by atoms with E-state index in [0.717, 1.165) is 82.4 Å². The third-order valence-corrected chi connectivity index (χ3v) is 10.5. The maximum absolute atomic E-state index is 13.2. The van der Waals surface area contributed by atoms with E-state index in [1.54, 1.807) is 0 Å². The van der Waals surface area contributed by atoms with Crippen LogP contribution in [0.15, 0.2) is 72.8 Å². The summed E-state index contributed by atoms with van der Waals surface area (Å²) >= 11 is 0. The Hall–Kier alpha value is -4.40. The molecule has 4 aromatic carbocycles. The van der Waals surface area contributed by atoms with Crippen molar-refractivity contribution in [1.82, 2.24) is 9.80 Å². The zero-order valence-corrected chi connectivity index (χ0v) is 29.5. The number of amides is 4. The Morgan fingerprint density at radius 1 is 0.408 bits per heavy atom. The Kier molecular flexibility index (Phi) is 10.00. The standard InChI is InChI=1S/C41H50N4O4/c1-44(2,28-14-24-42-38(46)32-20-10-16-30-17-11-21-33(36(30)32)39(42)47)26-8-6-5-7-9-27-45(3,4)29-15-25-43-40(48)34-22-12-18-31-19-13-23-35(37(31)34)41(43)49/h10-13,16-23H,5-9,14-15,24-29H2,1-4H3/q+2. The molecule has 0 radical (unpaired) electrons. The van der Waals surface area contributed by atoms with Crippen molar-refractivity contribution < 1.29 is 28.1 Å². The fraction of sp³-hybridized carbons (Fsp3) is 0.415. The average molecular weight is 663 g/mol. The van der Waals surface area contributed by atoms with Gasteiger partial charge in [-0.2, -0.15) is 0 Å². The minimum atomic E-state index is -0.183. The van der Waals surface area contributed by atoms with E-state index >= 15 is 0 Å². The first-order valence-electron chi connectivity index (χ1n) is 17.9. The maximum atomic E-state index is 13.2. The van der Waals surface area contributed by atoms with Crippen LogP contribution in [0.4, 0.5) is 0 Å². The van der Waals surface area contributed by atoms with E-state index in [4.69, 9.17) is 0 Å². The Bertz CT molecular complexity index is 1670. The van der Waals surface area contributed by atoms with Crippen LogP contribution in [0.2, 0.25) is 0 Å². The van der Waals surface area contributed by atoms with Crippen LogP contribution in [0.25, 0.3) is 21.5 Å². The van der Waals surface area contributed by atoms with Gasteiger partial charge in [0.15, 0.2) is 0 Å². The average Bonchev–Trinajstić information content (AvgIpc) is 3.08. The van der Waals surface area contributed by atoms with Crippen molar-refractivity contribution >= 4 is 45.2 Å². The quantitative estimate of drug-likeness (QED) is 0.0755. The topological polar surface area (TPSA) is 74.8 Å². The lowest BCUT2D eigenvalue weighted by atomic mass is 9.94. The second kappa shape index (κ2) is 14.2. The van der Waals surface area contributed by atoms with E-state index in [2.05, 4.69) is 28.2 Å². The molecule has 2 heterocycles. The zero-order chi connectivity index (χ0) is 34.8. The number of carbonyl (C=O) groups is 4. The van der Waals surface area contributed by atoms with Crippen LogP contribution < -0.4 is 0 Å². The molecule has 0 spiro atoms. The summed E-state index contributed by atoms with van der Waals surface area (Å²) in [6.07, 6.45) is 7.43. The van der Waals surface area contributed by atoms with Crippen molar-refractivity contribution in [3.63, 3.8) is 0 Å². The Morgan fingerprint density at radius 3 is 1.02 bits per heavy atom. The number of unbranched alkanes of at least 4 members (excludes halogenated alkanes) is 4. The third kappa shape index (κ3) is 7.31. The first-order valence-corrected chi connectivity index (χ1v) is 17.9. The summed E-state index contributed by atoms with van der Waals surface area (Å²) in [5.74, 6) is -0.730. The van der Waals surface area contributed by atoms with Crippen LogP contribution in [0.5, 0.6) is 0 Å². The van der Waals surface area contributed by atoms with Gasteiger partial charge in [-0.25, -0.2) is 0 Å². The van der Waals surface area contributed by atoms with Crippen molar-refractivity contribution in [1.29, 1.82) is 0 Å². The molecule has 0 saturated carbocycles. The molecule has 0 aromatic heterocycles. The second-order valence-electron chi connectivity index (χ2n) is 15.2. The first kappa shape index (κ1) is 34.5. The molecule has 0 N–H and O–H groups in total. The highest BCUT2D eigenvalue weighted by atomic mass is 16.2. The Balaban J connectivity index is 0.863.